The molecular weight excluding hydrogens is 468 g/mol. The molecule has 1 aliphatic rings. The Morgan fingerprint density at radius 2 is 1.48 bits per heavy atom. The number of hydrogen-bond acceptors (Lipinski definition) is 4. The van der Waals surface area contributed by atoms with Crippen molar-refractivity contribution < 1.29 is 0 Å². The maximum Gasteiger partial charge on any atom is 0.213 e. The van der Waals surface area contributed by atoms with Crippen molar-refractivity contribution in [3.05, 3.63) is 111 Å². The number of aryl methyl sites for hydroxylation is 2. The molecule has 0 N–H and O–H groups in total. The Labute approximate surface area is 194 Å². The summed E-state index contributed by atoms with van der Waals surface area (Å²) in [6.45, 7) is 4.21. The molecule has 0 saturated heterocycles. The molecule has 31 heavy (non-hydrogen) atoms. The average Bonchev–Trinajstić information content (AvgIpc) is 3.17. The molecule has 0 radical (unpaired) electrons. The summed E-state index contributed by atoms with van der Waals surface area (Å²) in [4.78, 5) is 0. The van der Waals surface area contributed by atoms with Gasteiger partial charge in [-0.2, -0.15) is 9.78 Å². The molecule has 0 spiro atoms. The Hall–Kier alpha value is -2.70. The van der Waals surface area contributed by atoms with Gasteiger partial charge in [0, 0.05) is 10.9 Å². The van der Waals surface area contributed by atoms with E-state index in [0.29, 0.717) is 6.42 Å². The summed E-state index contributed by atoms with van der Waals surface area (Å²) in [5.74, 6) is 0.844. The molecule has 0 saturated carbocycles. The SMILES string of the molecule is Cc1ccc(C2=Nn3c(Cc4ccc(Br)cc4)nnc3S[C@@H]2c2ccc(C)cc2)cc1. The first-order valence-corrected chi connectivity index (χ1v) is 11.8. The topological polar surface area (TPSA) is 43.1 Å². The Morgan fingerprint density at radius 1 is 0.839 bits per heavy atom. The van der Waals surface area contributed by atoms with Crippen molar-refractivity contribution in [3.8, 4) is 0 Å². The second kappa shape index (κ2) is 8.44. The predicted molar refractivity (Wildman–Crippen MR) is 130 cm³/mol. The van der Waals surface area contributed by atoms with Gasteiger partial charge in [-0.05, 0) is 42.7 Å². The lowest BCUT2D eigenvalue weighted by molar-refractivity contribution is 0.713. The van der Waals surface area contributed by atoms with Crippen LogP contribution in [0.3, 0.4) is 0 Å². The van der Waals surface area contributed by atoms with Crippen molar-refractivity contribution >= 4 is 33.4 Å². The molecule has 1 atom stereocenters. The summed E-state index contributed by atoms with van der Waals surface area (Å²) >= 11 is 5.21. The van der Waals surface area contributed by atoms with Gasteiger partial charge in [0.2, 0.25) is 5.16 Å². The first kappa shape index (κ1) is 20.2. The van der Waals surface area contributed by atoms with E-state index in [1.807, 2.05) is 16.8 Å². The molecule has 0 fully saturated rings. The van der Waals surface area contributed by atoms with Crippen LogP contribution in [0.4, 0.5) is 0 Å². The van der Waals surface area contributed by atoms with Crippen LogP contribution < -0.4 is 0 Å². The van der Waals surface area contributed by atoms with Gasteiger partial charge in [-0.1, -0.05) is 99.5 Å². The number of fused-ring (bicyclic) bond motifs is 1. The third-order valence-corrected chi connectivity index (χ3v) is 7.08. The summed E-state index contributed by atoms with van der Waals surface area (Å²) in [7, 11) is 0. The molecule has 4 nitrogen and oxygen atoms in total. The minimum Gasteiger partial charge on any atom is -0.191 e. The van der Waals surface area contributed by atoms with E-state index in [0.717, 1.165) is 26.7 Å². The molecule has 4 aromatic rings. The van der Waals surface area contributed by atoms with Crippen LogP contribution in [0.15, 0.2) is 87.5 Å². The standard InChI is InChI=1S/C25H21BrN4S/c1-16-3-9-19(10-4-16)23-24(20-11-5-17(2)6-12-20)31-25-28-27-22(30(25)29-23)15-18-7-13-21(26)14-8-18/h3-14,24H,15H2,1-2H3/t24-/m1/s1. The van der Waals surface area contributed by atoms with Gasteiger partial charge in [-0.15, -0.1) is 10.2 Å². The first-order chi connectivity index (χ1) is 15.1. The highest BCUT2D eigenvalue weighted by molar-refractivity contribution is 9.10. The van der Waals surface area contributed by atoms with Crippen LogP contribution in [0.1, 0.15) is 38.9 Å². The van der Waals surface area contributed by atoms with Crippen molar-refractivity contribution in [3.63, 3.8) is 0 Å². The molecule has 2 heterocycles. The fraction of sp³-hybridized carbons (Fsp3) is 0.160. The van der Waals surface area contributed by atoms with Crippen LogP contribution in [0.5, 0.6) is 0 Å². The lowest BCUT2D eigenvalue weighted by atomic mass is 10.00. The van der Waals surface area contributed by atoms with Gasteiger partial charge in [0.05, 0.1) is 11.0 Å². The van der Waals surface area contributed by atoms with Crippen molar-refractivity contribution in [2.24, 2.45) is 5.10 Å². The quantitative estimate of drug-likeness (QED) is 0.336. The van der Waals surface area contributed by atoms with Crippen LogP contribution in [-0.2, 0) is 6.42 Å². The minimum atomic E-state index is 0.0699. The Bertz CT molecular complexity index is 1240. The Morgan fingerprint density at radius 3 is 2.16 bits per heavy atom. The largest absolute Gasteiger partial charge is 0.213 e. The highest BCUT2D eigenvalue weighted by Gasteiger charge is 2.30. The average molecular weight is 489 g/mol. The molecule has 0 bridgehead atoms. The number of rotatable bonds is 4. The van der Waals surface area contributed by atoms with Gasteiger partial charge in [-0.3, -0.25) is 0 Å². The molecule has 3 aromatic carbocycles. The van der Waals surface area contributed by atoms with Gasteiger partial charge in [0.25, 0.3) is 0 Å². The lowest BCUT2D eigenvalue weighted by Gasteiger charge is -2.24. The molecule has 0 amide bonds. The third-order valence-electron chi connectivity index (χ3n) is 5.36. The Balaban J connectivity index is 1.57. The maximum atomic E-state index is 5.08. The Kier molecular flexibility index (Phi) is 5.50. The molecule has 0 aliphatic carbocycles. The van der Waals surface area contributed by atoms with Gasteiger partial charge < -0.3 is 0 Å². The van der Waals surface area contributed by atoms with E-state index in [4.69, 9.17) is 5.10 Å². The molecule has 1 aliphatic heterocycles. The fourth-order valence-corrected chi connectivity index (χ4v) is 4.98. The van der Waals surface area contributed by atoms with E-state index in [1.54, 1.807) is 11.8 Å². The highest BCUT2D eigenvalue weighted by Crippen LogP contribution is 2.41. The molecule has 0 unspecified atom stereocenters. The van der Waals surface area contributed by atoms with Gasteiger partial charge >= 0.3 is 0 Å². The van der Waals surface area contributed by atoms with Crippen molar-refractivity contribution in [1.82, 2.24) is 14.9 Å². The predicted octanol–water partition coefficient (Wildman–Crippen LogP) is 6.35. The second-order valence-corrected chi connectivity index (χ2v) is 9.76. The molecule has 154 valence electrons. The zero-order valence-electron chi connectivity index (χ0n) is 17.3. The monoisotopic (exact) mass is 488 g/mol. The van der Waals surface area contributed by atoms with Crippen molar-refractivity contribution in [1.29, 1.82) is 0 Å². The van der Waals surface area contributed by atoms with E-state index in [-0.39, 0.29) is 5.25 Å². The number of thioether (sulfide) groups is 1. The summed E-state index contributed by atoms with van der Waals surface area (Å²) in [5.41, 5.74) is 7.03. The zero-order chi connectivity index (χ0) is 21.4. The fourth-order valence-electron chi connectivity index (χ4n) is 3.59. The van der Waals surface area contributed by atoms with Crippen molar-refractivity contribution in [2.75, 3.05) is 0 Å². The maximum absolute atomic E-state index is 5.08. The van der Waals surface area contributed by atoms with E-state index in [9.17, 15) is 0 Å². The minimum absolute atomic E-state index is 0.0699. The van der Waals surface area contributed by atoms with E-state index in [1.165, 1.54) is 22.3 Å². The lowest BCUT2D eigenvalue weighted by Crippen LogP contribution is -2.19. The summed E-state index contributed by atoms with van der Waals surface area (Å²) < 4.78 is 2.97. The number of halogens is 1. The zero-order valence-corrected chi connectivity index (χ0v) is 19.7. The smallest absolute Gasteiger partial charge is 0.191 e. The van der Waals surface area contributed by atoms with Crippen molar-refractivity contribution in [2.45, 2.75) is 30.7 Å². The summed E-state index contributed by atoms with van der Waals surface area (Å²) in [5, 5.41) is 14.9. The van der Waals surface area contributed by atoms with E-state index < -0.39 is 0 Å². The number of benzene rings is 3. The highest BCUT2D eigenvalue weighted by atomic mass is 79.9. The summed E-state index contributed by atoms with van der Waals surface area (Å²) in [6, 6.07) is 25.6. The van der Waals surface area contributed by atoms with Crippen LogP contribution in [-0.4, -0.2) is 20.6 Å². The van der Waals surface area contributed by atoms with E-state index in [2.05, 4.69) is 101 Å². The van der Waals surface area contributed by atoms with Crippen LogP contribution in [0, 0.1) is 13.8 Å². The molecule has 5 rings (SSSR count). The second-order valence-electron chi connectivity index (χ2n) is 7.77. The van der Waals surface area contributed by atoms with E-state index >= 15 is 0 Å². The molecule has 1 aromatic heterocycles. The van der Waals surface area contributed by atoms with Crippen LogP contribution in [0.2, 0.25) is 0 Å². The third kappa shape index (κ3) is 4.23. The number of nitrogens with zero attached hydrogens (tertiary/aromatic N) is 4. The van der Waals surface area contributed by atoms with Gasteiger partial charge in [0.15, 0.2) is 5.82 Å². The normalized spacial score (nSPS) is 15.5. The molecular formula is C25H21BrN4S. The number of aromatic nitrogens is 3. The number of hydrogen-bond donors (Lipinski definition) is 0. The van der Waals surface area contributed by atoms with Crippen LogP contribution in [0.25, 0.3) is 0 Å². The summed E-state index contributed by atoms with van der Waals surface area (Å²) in [6.07, 6.45) is 0.681. The van der Waals surface area contributed by atoms with Crippen LogP contribution >= 0.6 is 27.7 Å². The first-order valence-electron chi connectivity index (χ1n) is 10.1. The van der Waals surface area contributed by atoms with Gasteiger partial charge in [-0.25, -0.2) is 0 Å². The van der Waals surface area contributed by atoms with Gasteiger partial charge in [0.1, 0.15) is 0 Å². The molecule has 6 heteroatoms.